The van der Waals surface area contributed by atoms with Crippen molar-refractivity contribution in [1.82, 2.24) is 0 Å². The van der Waals surface area contributed by atoms with Gasteiger partial charge in [0.05, 0.1) is 11.6 Å². The maximum Gasteiger partial charge on any atom is 0.416 e. The van der Waals surface area contributed by atoms with Crippen LogP contribution in [0.2, 0.25) is 0 Å². The molecule has 2 nitrogen and oxygen atoms in total. The van der Waals surface area contributed by atoms with Crippen molar-refractivity contribution in [3.63, 3.8) is 0 Å². The van der Waals surface area contributed by atoms with Gasteiger partial charge in [0, 0.05) is 5.56 Å². The summed E-state index contributed by atoms with van der Waals surface area (Å²) in [6, 6.07) is 4.96. The lowest BCUT2D eigenvalue weighted by atomic mass is 10.1. The molecule has 2 rings (SSSR count). The smallest absolute Gasteiger partial charge is 0.416 e. The fourth-order valence-electron chi connectivity index (χ4n) is 1.69. The Kier molecular flexibility index (Phi) is 3.32. The molecule has 0 bridgehead atoms. The lowest BCUT2D eigenvalue weighted by Gasteiger charge is -2.07. The van der Waals surface area contributed by atoms with Crippen LogP contribution in [0.1, 0.15) is 25.0 Å². The first-order chi connectivity index (χ1) is 8.38. The molecule has 1 aromatic carbocycles. The Morgan fingerprint density at radius 3 is 2.28 bits per heavy atom. The number of halogens is 3. The minimum atomic E-state index is -4.31. The molecule has 0 saturated heterocycles. The number of ether oxygens (including phenoxy) is 1. The van der Waals surface area contributed by atoms with Gasteiger partial charge >= 0.3 is 6.18 Å². The van der Waals surface area contributed by atoms with Crippen molar-refractivity contribution in [2.24, 2.45) is 10.9 Å². The van der Waals surface area contributed by atoms with Crippen LogP contribution >= 0.6 is 0 Å². The van der Waals surface area contributed by atoms with E-state index in [0.717, 1.165) is 12.1 Å². The Labute approximate surface area is 103 Å². The largest absolute Gasteiger partial charge is 0.475 e. The molecule has 0 N–H and O–H groups in total. The van der Waals surface area contributed by atoms with Gasteiger partial charge in [-0.2, -0.15) is 13.2 Å². The average Bonchev–Trinajstić information content (AvgIpc) is 2.77. The van der Waals surface area contributed by atoms with Crippen LogP contribution in [0.25, 0.3) is 0 Å². The monoisotopic (exact) mass is 257 g/mol. The van der Waals surface area contributed by atoms with Gasteiger partial charge in [-0.05, 0) is 30.2 Å². The molecule has 1 aliphatic rings. The van der Waals surface area contributed by atoms with Crippen LogP contribution in [0.5, 0.6) is 0 Å². The second-order valence-electron chi connectivity index (χ2n) is 4.63. The molecule has 1 heterocycles. The summed E-state index contributed by atoms with van der Waals surface area (Å²) in [6.07, 6.45) is -4.31. The van der Waals surface area contributed by atoms with E-state index in [4.69, 9.17) is 4.74 Å². The highest BCUT2D eigenvalue weighted by Crippen LogP contribution is 2.29. The molecule has 1 aliphatic heterocycles. The first-order valence-electron chi connectivity index (χ1n) is 5.76. The Balaban J connectivity index is 2.19. The Morgan fingerprint density at radius 1 is 1.22 bits per heavy atom. The molecule has 0 aliphatic carbocycles. The lowest BCUT2D eigenvalue weighted by Crippen LogP contribution is -2.13. The summed E-state index contributed by atoms with van der Waals surface area (Å²) in [5, 5.41) is 0. The molecular formula is C13H14F3NO. The summed E-state index contributed by atoms with van der Waals surface area (Å²) in [5.74, 6) is 0.791. The van der Waals surface area contributed by atoms with Crippen LogP contribution in [-0.4, -0.2) is 18.5 Å². The first kappa shape index (κ1) is 12.9. The number of hydrogen-bond donors (Lipinski definition) is 0. The van der Waals surface area contributed by atoms with Crippen LogP contribution in [0.4, 0.5) is 13.2 Å². The topological polar surface area (TPSA) is 21.6 Å². The minimum absolute atomic E-state index is 0.0855. The molecule has 1 aromatic rings. The van der Waals surface area contributed by atoms with Gasteiger partial charge in [0.2, 0.25) is 5.90 Å². The normalized spacial score (nSPS) is 19.9. The average molecular weight is 257 g/mol. The molecule has 0 unspecified atom stereocenters. The first-order valence-corrected chi connectivity index (χ1v) is 5.76. The molecule has 0 fully saturated rings. The van der Waals surface area contributed by atoms with Crippen molar-refractivity contribution < 1.29 is 17.9 Å². The van der Waals surface area contributed by atoms with E-state index in [-0.39, 0.29) is 6.04 Å². The van der Waals surface area contributed by atoms with Crippen LogP contribution in [0.3, 0.4) is 0 Å². The van der Waals surface area contributed by atoms with Crippen molar-refractivity contribution in [1.29, 1.82) is 0 Å². The zero-order valence-corrected chi connectivity index (χ0v) is 10.2. The number of benzene rings is 1. The van der Waals surface area contributed by atoms with Gasteiger partial charge in [-0.15, -0.1) is 0 Å². The van der Waals surface area contributed by atoms with E-state index in [9.17, 15) is 13.2 Å². The summed E-state index contributed by atoms with van der Waals surface area (Å²) in [6.45, 7) is 4.56. The van der Waals surface area contributed by atoms with E-state index >= 15 is 0 Å². The maximum absolute atomic E-state index is 12.4. The summed E-state index contributed by atoms with van der Waals surface area (Å²) >= 11 is 0. The van der Waals surface area contributed by atoms with Crippen molar-refractivity contribution in [3.8, 4) is 0 Å². The number of aliphatic imine (C=N–C) groups is 1. The predicted octanol–water partition coefficient (Wildman–Crippen LogP) is 3.51. The van der Waals surface area contributed by atoms with E-state index in [1.54, 1.807) is 0 Å². The molecule has 98 valence electrons. The molecule has 1 atom stereocenters. The van der Waals surface area contributed by atoms with Gasteiger partial charge in [-0.1, -0.05) is 13.8 Å². The number of nitrogens with zero attached hydrogens (tertiary/aromatic N) is 1. The highest BCUT2D eigenvalue weighted by molar-refractivity contribution is 5.95. The van der Waals surface area contributed by atoms with Crippen LogP contribution in [0.15, 0.2) is 29.3 Å². The molecule has 18 heavy (non-hydrogen) atoms. The van der Waals surface area contributed by atoms with Gasteiger partial charge in [0.15, 0.2) is 0 Å². The van der Waals surface area contributed by atoms with E-state index in [2.05, 4.69) is 4.99 Å². The zero-order chi connectivity index (χ0) is 13.3. The van der Waals surface area contributed by atoms with Gasteiger partial charge in [0.1, 0.15) is 6.61 Å². The highest BCUT2D eigenvalue weighted by atomic mass is 19.4. The SMILES string of the molecule is CC(C)[C@@H]1COC(c2ccc(C(F)(F)F)cc2)=N1. The summed E-state index contributed by atoms with van der Waals surface area (Å²) in [5.41, 5.74) is -0.0728. The minimum Gasteiger partial charge on any atom is -0.475 e. The second-order valence-corrected chi connectivity index (χ2v) is 4.63. The van der Waals surface area contributed by atoms with Crippen LogP contribution in [-0.2, 0) is 10.9 Å². The molecule has 0 aromatic heterocycles. The summed E-state index contributed by atoms with van der Waals surface area (Å²) in [4.78, 5) is 4.36. The molecule has 0 radical (unpaired) electrons. The van der Waals surface area contributed by atoms with E-state index in [1.165, 1.54) is 12.1 Å². The van der Waals surface area contributed by atoms with E-state index in [1.807, 2.05) is 13.8 Å². The molecule has 0 saturated carbocycles. The second kappa shape index (κ2) is 4.63. The van der Waals surface area contributed by atoms with Crippen LogP contribution in [0, 0.1) is 5.92 Å². The molecule has 0 spiro atoms. The third-order valence-electron chi connectivity index (χ3n) is 2.90. The fraction of sp³-hybridized carbons (Fsp3) is 0.462. The lowest BCUT2D eigenvalue weighted by molar-refractivity contribution is -0.137. The van der Waals surface area contributed by atoms with Gasteiger partial charge in [-0.25, -0.2) is 4.99 Å². The highest BCUT2D eigenvalue weighted by Gasteiger charge is 2.30. The third-order valence-corrected chi connectivity index (χ3v) is 2.90. The number of rotatable bonds is 2. The van der Waals surface area contributed by atoms with Gasteiger partial charge < -0.3 is 4.74 Å². The number of alkyl halides is 3. The summed E-state index contributed by atoms with van der Waals surface area (Å²) < 4.78 is 42.6. The van der Waals surface area contributed by atoms with Crippen molar-refractivity contribution in [3.05, 3.63) is 35.4 Å². The standard InChI is InChI=1S/C13H14F3NO/c1-8(2)11-7-18-12(17-11)9-3-5-10(6-4-9)13(14,15)16/h3-6,8,11H,7H2,1-2H3/t11-/m0/s1. The molecule has 5 heteroatoms. The zero-order valence-electron chi connectivity index (χ0n) is 10.2. The quantitative estimate of drug-likeness (QED) is 0.794. The summed E-state index contributed by atoms with van der Waals surface area (Å²) in [7, 11) is 0. The molecule has 0 amide bonds. The van der Waals surface area contributed by atoms with E-state index in [0.29, 0.717) is 24.0 Å². The van der Waals surface area contributed by atoms with Crippen molar-refractivity contribution >= 4 is 5.90 Å². The maximum atomic E-state index is 12.4. The Morgan fingerprint density at radius 2 is 1.83 bits per heavy atom. The van der Waals surface area contributed by atoms with Gasteiger partial charge in [0.25, 0.3) is 0 Å². The number of hydrogen-bond acceptors (Lipinski definition) is 2. The van der Waals surface area contributed by atoms with Gasteiger partial charge in [-0.3, -0.25) is 0 Å². The third kappa shape index (κ3) is 2.66. The Bertz CT molecular complexity index is 448. The molecular weight excluding hydrogens is 243 g/mol. The van der Waals surface area contributed by atoms with Crippen LogP contribution < -0.4 is 0 Å². The Hall–Kier alpha value is -1.52. The van der Waals surface area contributed by atoms with E-state index < -0.39 is 11.7 Å². The fourth-order valence-corrected chi connectivity index (χ4v) is 1.69. The van der Waals surface area contributed by atoms with Crippen molar-refractivity contribution in [2.75, 3.05) is 6.61 Å². The predicted molar refractivity (Wildman–Crippen MR) is 62.6 cm³/mol. The van der Waals surface area contributed by atoms with Crippen molar-refractivity contribution in [2.45, 2.75) is 26.1 Å².